The number of alkyl halides is 3. The van der Waals surface area contributed by atoms with Gasteiger partial charge in [-0.15, -0.1) is 11.3 Å². The molecule has 3 aromatic rings. The largest absolute Gasteiger partial charge is 0.497 e. The molecular weight excluding hydrogens is 575 g/mol. The fraction of sp³-hybridized carbons (Fsp3) is 0.424. The number of nitrogens with zero attached hydrogens (tertiary/aromatic N) is 2. The van der Waals surface area contributed by atoms with Crippen LogP contribution in [0.25, 0.3) is 5.65 Å². The predicted molar refractivity (Wildman–Crippen MR) is 170 cm³/mol. The van der Waals surface area contributed by atoms with Crippen molar-refractivity contribution in [1.29, 1.82) is 0 Å². The highest BCUT2D eigenvalue weighted by Gasteiger charge is 2.32. The Labute approximate surface area is 257 Å². The van der Waals surface area contributed by atoms with Gasteiger partial charge in [-0.05, 0) is 43.9 Å². The highest BCUT2D eigenvalue weighted by atomic mass is 32.1. The lowest BCUT2D eigenvalue weighted by molar-refractivity contribution is -0.0882. The van der Waals surface area contributed by atoms with Crippen molar-refractivity contribution in [2.45, 2.75) is 86.7 Å². The number of aromatic nitrogens is 2. The van der Waals surface area contributed by atoms with Crippen molar-refractivity contribution < 1.29 is 27.5 Å². The summed E-state index contributed by atoms with van der Waals surface area (Å²) in [4.78, 5) is 29.1. The molecule has 3 aromatic heterocycles. The van der Waals surface area contributed by atoms with Gasteiger partial charge in [0.05, 0.1) is 24.4 Å². The zero-order chi connectivity index (χ0) is 32.6. The number of carbonyl (C=O) groups is 2. The van der Waals surface area contributed by atoms with Crippen molar-refractivity contribution in [1.82, 2.24) is 14.7 Å². The van der Waals surface area contributed by atoms with E-state index in [-0.39, 0.29) is 17.4 Å². The Bertz CT molecular complexity index is 1420. The summed E-state index contributed by atoms with van der Waals surface area (Å²) in [6, 6.07) is 3.58. The molecule has 3 rings (SSSR count). The molecule has 0 fully saturated rings. The average Bonchev–Trinajstić information content (AvgIpc) is 3.58. The number of hydrogen-bond acceptors (Lipinski definition) is 5. The Morgan fingerprint density at radius 2 is 1.84 bits per heavy atom. The third-order valence-electron chi connectivity index (χ3n) is 5.87. The van der Waals surface area contributed by atoms with Crippen molar-refractivity contribution in [3.63, 3.8) is 0 Å². The number of methoxy groups -OCH3 is 1. The minimum Gasteiger partial charge on any atom is -0.497 e. The summed E-state index contributed by atoms with van der Waals surface area (Å²) < 4.78 is 46.3. The second kappa shape index (κ2) is 18.8. The van der Waals surface area contributed by atoms with E-state index in [1.807, 2.05) is 13.8 Å². The molecule has 0 unspecified atom stereocenters. The van der Waals surface area contributed by atoms with Gasteiger partial charge in [0.25, 0.3) is 5.91 Å². The van der Waals surface area contributed by atoms with Crippen LogP contribution in [-0.2, 0) is 12.8 Å². The number of nitrogens with one attached hydrogen (secondary N) is 1. The smallest absolute Gasteiger partial charge is 0.416 e. The Kier molecular flexibility index (Phi) is 16.3. The molecule has 0 aliphatic heterocycles. The number of hydrogen-bond donors (Lipinski definition) is 1. The van der Waals surface area contributed by atoms with Gasteiger partial charge in [-0.25, -0.2) is 4.98 Å². The zero-order valence-corrected chi connectivity index (χ0v) is 27.2. The summed E-state index contributed by atoms with van der Waals surface area (Å²) in [5.41, 5.74) is 2.20. The van der Waals surface area contributed by atoms with Crippen molar-refractivity contribution in [2.24, 2.45) is 0 Å². The van der Waals surface area contributed by atoms with Gasteiger partial charge in [0.2, 0.25) is 0 Å². The molecule has 236 valence electrons. The fourth-order valence-electron chi connectivity index (χ4n) is 3.81. The molecule has 6 nitrogen and oxygen atoms in total. The number of ether oxygens (including phenoxy) is 1. The van der Waals surface area contributed by atoms with Gasteiger partial charge in [0.15, 0.2) is 5.78 Å². The molecule has 0 saturated heterocycles. The van der Waals surface area contributed by atoms with Gasteiger partial charge in [0.1, 0.15) is 17.1 Å². The van der Waals surface area contributed by atoms with Gasteiger partial charge < -0.3 is 10.1 Å². The molecule has 0 bridgehead atoms. The Morgan fingerprint density at radius 3 is 2.35 bits per heavy atom. The normalized spacial score (nSPS) is 12.0. The SMILES string of the molecule is CCC.COc1ccn2c(C(C)=O)cnc2c1.C\C=C(/C=C(\C=C\CC)C(F)(F)F)NC(=O)c1csc(CC)c1CCC. The van der Waals surface area contributed by atoms with Gasteiger partial charge in [-0.2, -0.15) is 13.2 Å². The number of halogens is 3. The second-order valence-electron chi connectivity index (χ2n) is 9.46. The van der Waals surface area contributed by atoms with E-state index in [0.29, 0.717) is 17.7 Å². The minimum atomic E-state index is -4.48. The number of imidazole rings is 1. The van der Waals surface area contributed by atoms with Crippen LogP contribution in [0.2, 0.25) is 0 Å². The number of aryl methyl sites for hydroxylation is 1. The Morgan fingerprint density at radius 1 is 1.16 bits per heavy atom. The van der Waals surface area contributed by atoms with Crippen LogP contribution in [0.15, 0.2) is 65.5 Å². The topological polar surface area (TPSA) is 72.7 Å². The van der Waals surface area contributed by atoms with Gasteiger partial charge >= 0.3 is 6.18 Å². The molecule has 1 N–H and O–H groups in total. The number of Topliss-reactive ketones (excluding diaryl/α,β-unsaturated/α-hetero) is 1. The third kappa shape index (κ3) is 11.5. The molecule has 43 heavy (non-hydrogen) atoms. The maximum absolute atomic E-state index is 13.2. The first kappa shape index (κ1) is 37.4. The highest BCUT2D eigenvalue weighted by molar-refractivity contribution is 7.10. The van der Waals surface area contributed by atoms with E-state index in [4.69, 9.17) is 4.74 Å². The number of thiophene rings is 1. The van der Waals surface area contributed by atoms with Crippen LogP contribution in [0, 0.1) is 0 Å². The van der Waals surface area contributed by atoms with Crippen molar-refractivity contribution in [3.8, 4) is 5.75 Å². The summed E-state index contributed by atoms with van der Waals surface area (Å²) in [6.07, 6.45) is 8.06. The maximum atomic E-state index is 13.2. The van der Waals surface area contributed by atoms with E-state index in [1.54, 1.807) is 55.3 Å². The number of carbonyl (C=O) groups excluding carboxylic acids is 2. The lowest BCUT2D eigenvalue weighted by atomic mass is 10.0. The quantitative estimate of drug-likeness (QED) is 0.181. The van der Waals surface area contributed by atoms with E-state index in [9.17, 15) is 22.8 Å². The Balaban J connectivity index is 0.000000451. The van der Waals surface area contributed by atoms with Crippen LogP contribution in [0.3, 0.4) is 0 Å². The summed E-state index contributed by atoms with van der Waals surface area (Å²) >= 11 is 1.52. The molecular formula is C33H44F3N3O3S. The predicted octanol–water partition coefficient (Wildman–Crippen LogP) is 9.31. The lowest BCUT2D eigenvalue weighted by Crippen LogP contribution is -2.23. The molecule has 0 spiro atoms. The summed E-state index contributed by atoms with van der Waals surface area (Å²) in [6.45, 7) is 13.2. The van der Waals surface area contributed by atoms with Gasteiger partial charge in [0, 0.05) is 35.1 Å². The first-order valence-electron chi connectivity index (χ1n) is 14.5. The van der Waals surface area contributed by atoms with Crippen LogP contribution >= 0.6 is 11.3 Å². The van der Waals surface area contributed by atoms with E-state index in [0.717, 1.165) is 53.3 Å². The summed E-state index contributed by atoms with van der Waals surface area (Å²) in [5.74, 6) is 0.371. The van der Waals surface area contributed by atoms with E-state index in [2.05, 4.69) is 24.1 Å². The number of ketones is 1. The van der Waals surface area contributed by atoms with Crippen LogP contribution in [-0.4, -0.2) is 34.4 Å². The van der Waals surface area contributed by atoms with E-state index >= 15 is 0 Å². The number of fused-ring (bicyclic) bond motifs is 1. The molecule has 1 amide bonds. The van der Waals surface area contributed by atoms with E-state index < -0.39 is 11.7 Å². The first-order chi connectivity index (χ1) is 20.4. The second-order valence-corrected chi connectivity index (χ2v) is 10.4. The van der Waals surface area contributed by atoms with Crippen LogP contribution in [0.5, 0.6) is 5.75 Å². The lowest BCUT2D eigenvalue weighted by Gasteiger charge is -2.11. The van der Waals surface area contributed by atoms with Gasteiger partial charge in [-0.1, -0.05) is 65.7 Å². The molecule has 0 aliphatic carbocycles. The first-order valence-corrected chi connectivity index (χ1v) is 15.3. The van der Waals surface area contributed by atoms with Crippen LogP contribution in [0.1, 0.15) is 99.0 Å². The van der Waals surface area contributed by atoms with Gasteiger partial charge in [-0.3, -0.25) is 14.0 Å². The number of rotatable bonds is 10. The van der Waals surface area contributed by atoms with Crippen molar-refractivity contribution in [2.75, 3.05) is 7.11 Å². The molecule has 0 aromatic carbocycles. The third-order valence-corrected chi connectivity index (χ3v) is 7.04. The van der Waals surface area contributed by atoms with Crippen LogP contribution < -0.4 is 10.1 Å². The van der Waals surface area contributed by atoms with Crippen molar-refractivity contribution in [3.05, 3.63) is 87.2 Å². The molecule has 0 aliphatic rings. The average molecular weight is 620 g/mol. The van der Waals surface area contributed by atoms with Crippen LogP contribution in [0.4, 0.5) is 13.2 Å². The molecule has 0 saturated carbocycles. The zero-order valence-electron chi connectivity index (χ0n) is 26.4. The summed E-state index contributed by atoms with van der Waals surface area (Å²) in [5, 5.41) is 4.41. The maximum Gasteiger partial charge on any atom is 0.416 e. The number of pyridine rings is 1. The molecule has 10 heteroatoms. The van der Waals surface area contributed by atoms with E-state index in [1.165, 1.54) is 36.8 Å². The van der Waals surface area contributed by atoms with Crippen molar-refractivity contribution >= 4 is 28.7 Å². The Hall–Kier alpha value is -3.66. The monoisotopic (exact) mass is 619 g/mol. The molecule has 3 heterocycles. The summed E-state index contributed by atoms with van der Waals surface area (Å²) in [7, 11) is 1.60. The number of amides is 1. The number of allylic oxidation sites excluding steroid dienone is 5. The fourth-order valence-corrected chi connectivity index (χ4v) is 4.84. The molecule has 0 atom stereocenters. The molecule has 0 radical (unpaired) electrons. The highest BCUT2D eigenvalue weighted by Crippen LogP contribution is 2.28. The minimum absolute atomic E-state index is 0.00247. The standard InChI is InChI=1S/C20H26F3NOS.C10H10N2O2.C3H8/c1-5-9-11-14(20(21,22)23)12-15(7-3)24-19(25)17-13-26-18(8-4)16(17)10-6-2;1-7(13)9-6-11-10-5-8(14-2)3-4-12(9)10;1-3-2/h7,9,11-13H,5-6,8,10H2,1-4H3,(H,24,25);3-6H,1-2H3;3H2,1-2H3/b11-9+,14-12+,15-7+;;.